The molecule has 0 aliphatic heterocycles. The highest BCUT2D eigenvalue weighted by Gasteiger charge is 1.99. The van der Waals surface area contributed by atoms with Gasteiger partial charge < -0.3 is 10.5 Å². The maximum Gasteiger partial charge on any atom is 0.122 e. The van der Waals surface area contributed by atoms with Crippen LogP contribution < -0.4 is 5.73 Å². The number of aryl methyl sites for hydroxylation is 1. The van der Waals surface area contributed by atoms with Crippen LogP contribution in [0.4, 0.5) is 5.82 Å². The van der Waals surface area contributed by atoms with Gasteiger partial charge in [0.15, 0.2) is 0 Å². The lowest BCUT2D eigenvalue weighted by atomic mass is 10.5. The van der Waals surface area contributed by atoms with Crippen LogP contribution in [0.2, 0.25) is 0 Å². The second-order valence-electron chi connectivity index (χ2n) is 2.43. The first-order chi connectivity index (χ1) is 5.24. The summed E-state index contributed by atoms with van der Waals surface area (Å²) in [6.45, 7) is 3.28. The molecule has 11 heavy (non-hydrogen) atoms. The van der Waals surface area contributed by atoms with E-state index < -0.39 is 0 Å². The number of nitrogens with two attached hydrogens (primary N) is 1. The highest BCUT2D eigenvalue weighted by molar-refractivity contribution is 5.29. The zero-order chi connectivity index (χ0) is 8.27. The van der Waals surface area contributed by atoms with Crippen molar-refractivity contribution in [3.8, 4) is 0 Å². The van der Waals surface area contributed by atoms with Gasteiger partial charge in [0, 0.05) is 13.2 Å². The first-order valence-electron chi connectivity index (χ1n) is 3.53. The molecule has 62 valence electrons. The Balaban J connectivity index is 2.62. The maximum absolute atomic E-state index is 5.63. The highest BCUT2D eigenvalue weighted by atomic mass is 16.5. The molecule has 1 aromatic heterocycles. The lowest BCUT2D eigenvalue weighted by molar-refractivity contribution is 0.184. The Kier molecular flexibility index (Phi) is 2.48. The summed E-state index contributed by atoms with van der Waals surface area (Å²) in [4.78, 5) is 0. The monoisotopic (exact) mass is 155 g/mol. The number of hydrogen-bond donors (Lipinski definition) is 1. The summed E-state index contributed by atoms with van der Waals surface area (Å²) < 4.78 is 6.63. The van der Waals surface area contributed by atoms with Crippen molar-refractivity contribution in [2.45, 2.75) is 13.5 Å². The van der Waals surface area contributed by atoms with Crippen LogP contribution >= 0.6 is 0 Å². The van der Waals surface area contributed by atoms with Gasteiger partial charge in [-0.15, -0.1) is 0 Å². The number of nitrogen functional groups attached to an aromatic ring is 1. The quantitative estimate of drug-likeness (QED) is 0.688. The predicted molar refractivity (Wildman–Crippen MR) is 43.3 cm³/mol. The number of anilines is 1. The minimum Gasteiger partial charge on any atom is -0.384 e. The van der Waals surface area contributed by atoms with E-state index in [4.69, 9.17) is 10.5 Å². The molecule has 4 heteroatoms. The minimum atomic E-state index is 0.644. The SMILES string of the molecule is COCCn1nc(C)cc1N. The van der Waals surface area contributed by atoms with E-state index in [1.54, 1.807) is 11.8 Å². The zero-order valence-corrected chi connectivity index (χ0v) is 6.87. The third-order valence-electron chi connectivity index (χ3n) is 1.44. The molecule has 4 nitrogen and oxygen atoms in total. The van der Waals surface area contributed by atoms with Crippen LogP contribution in [0.25, 0.3) is 0 Å². The van der Waals surface area contributed by atoms with Crippen molar-refractivity contribution < 1.29 is 4.74 Å². The van der Waals surface area contributed by atoms with Gasteiger partial charge in [0.1, 0.15) is 5.82 Å². The Bertz CT molecular complexity index is 232. The van der Waals surface area contributed by atoms with E-state index in [1.807, 2.05) is 13.0 Å². The second kappa shape index (κ2) is 3.39. The average molecular weight is 155 g/mol. The Morgan fingerprint density at radius 2 is 2.45 bits per heavy atom. The first-order valence-corrected chi connectivity index (χ1v) is 3.53. The molecule has 0 aromatic carbocycles. The standard InChI is InChI=1S/C7H13N3O/c1-6-5-7(8)10(9-6)3-4-11-2/h5H,3-4,8H2,1-2H3. The molecule has 1 rings (SSSR count). The molecule has 1 heterocycles. The highest BCUT2D eigenvalue weighted by Crippen LogP contribution is 2.03. The van der Waals surface area contributed by atoms with E-state index >= 15 is 0 Å². The number of methoxy groups -OCH3 is 1. The molecule has 0 amide bonds. The van der Waals surface area contributed by atoms with Gasteiger partial charge in [-0.1, -0.05) is 0 Å². The molecule has 0 fully saturated rings. The van der Waals surface area contributed by atoms with Gasteiger partial charge in [-0.25, -0.2) is 4.68 Å². The van der Waals surface area contributed by atoms with Crippen LogP contribution in [0.1, 0.15) is 5.69 Å². The van der Waals surface area contributed by atoms with Gasteiger partial charge in [0.2, 0.25) is 0 Å². The fourth-order valence-corrected chi connectivity index (χ4v) is 0.922. The summed E-state index contributed by atoms with van der Waals surface area (Å²) in [5, 5.41) is 4.16. The predicted octanol–water partition coefficient (Wildman–Crippen LogP) is 0.420. The lowest BCUT2D eigenvalue weighted by Gasteiger charge is -2.01. The van der Waals surface area contributed by atoms with Crippen molar-refractivity contribution >= 4 is 5.82 Å². The number of nitrogens with zero attached hydrogens (tertiary/aromatic N) is 2. The lowest BCUT2D eigenvalue weighted by Crippen LogP contribution is -2.08. The molecule has 0 radical (unpaired) electrons. The summed E-state index contributed by atoms with van der Waals surface area (Å²) in [6, 6.07) is 1.84. The second-order valence-corrected chi connectivity index (χ2v) is 2.43. The van der Waals surface area contributed by atoms with Crippen molar-refractivity contribution in [1.82, 2.24) is 9.78 Å². The van der Waals surface area contributed by atoms with Gasteiger partial charge in [0.25, 0.3) is 0 Å². The van der Waals surface area contributed by atoms with Crippen LogP contribution in [0.3, 0.4) is 0 Å². The average Bonchev–Trinajstić information content (AvgIpc) is 2.26. The molecular formula is C7H13N3O. The summed E-state index contributed by atoms with van der Waals surface area (Å²) in [6.07, 6.45) is 0. The summed E-state index contributed by atoms with van der Waals surface area (Å²) >= 11 is 0. The first kappa shape index (κ1) is 8.07. The number of rotatable bonds is 3. The van der Waals surface area contributed by atoms with Crippen LogP contribution in [0, 0.1) is 6.92 Å². The smallest absolute Gasteiger partial charge is 0.122 e. The molecule has 0 saturated heterocycles. The fraction of sp³-hybridized carbons (Fsp3) is 0.571. The van der Waals surface area contributed by atoms with Gasteiger partial charge in [-0.3, -0.25) is 0 Å². The Morgan fingerprint density at radius 3 is 2.91 bits per heavy atom. The molecule has 0 unspecified atom stereocenters. The molecule has 0 atom stereocenters. The molecule has 2 N–H and O–H groups in total. The van der Waals surface area contributed by atoms with Crippen molar-refractivity contribution in [1.29, 1.82) is 0 Å². The molecule has 0 bridgehead atoms. The van der Waals surface area contributed by atoms with E-state index in [0.29, 0.717) is 12.4 Å². The van der Waals surface area contributed by atoms with Crippen LogP contribution in [-0.2, 0) is 11.3 Å². The summed E-state index contributed by atoms with van der Waals surface area (Å²) in [5.74, 6) is 0.694. The third-order valence-corrected chi connectivity index (χ3v) is 1.44. The van der Waals surface area contributed by atoms with Crippen molar-refractivity contribution in [2.24, 2.45) is 0 Å². The molecule has 1 aromatic rings. The molecule has 0 aliphatic carbocycles. The van der Waals surface area contributed by atoms with Gasteiger partial charge in [-0.2, -0.15) is 5.10 Å². The van der Waals surface area contributed by atoms with Crippen LogP contribution in [0.15, 0.2) is 6.07 Å². The van der Waals surface area contributed by atoms with Crippen LogP contribution in [-0.4, -0.2) is 23.5 Å². The Morgan fingerprint density at radius 1 is 1.73 bits per heavy atom. The molecular weight excluding hydrogens is 142 g/mol. The van der Waals surface area contributed by atoms with E-state index in [9.17, 15) is 0 Å². The maximum atomic E-state index is 5.63. The fourth-order valence-electron chi connectivity index (χ4n) is 0.922. The number of aromatic nitrogens is 2. The molecule has 0 aliphatic rings. The third kappa shape index (κ3) is 1.94. The zero-order valence-electron chi connectivity index (χ0n) is 6.87. The summed E-state index contributed by atoms with van der Waals surface area (Å²) in [7, 11) is 1.66. The van der Waals surface area contributed by atoms with Crippen molar-refractivity contribution in [2.75, 3.05) is 19.5 Å². The van der Waals surface area contributed by atoms with Gasteiger partial charge in [-0.05, 0) is 6.92 Å². The number of hydrogen-bond acceptors (Lipinski definition) is 3. The molecule has 0 spiro atoms. The Hall–Kier alpha value is -1.03. The van der Waals surface area contributed by atoms with E-state index in [1.165, 1.54) is 0 Å². The topological polar surface area (TPSA) is 53.1 Å². The van der Waals surface area contributed by atoms with Gasteiger partial charge >= 0.3 is 0 Å². The Labute approximate surface area is 66.0 Å². The largest absolute Gasteiger partial charge is 0.384 e. The van der Waals surface area contributed by atoms with Crippen LogP contribution in [0.5, 0.6) is 0 Å². The van der Waals surface area contributed by atoms with Crippen molar-refractivity contribution in [3.63, 3.8) is 0 Å². The number of ether oxygens (including phenoxy) is 1. The van der Waals surface area contributed by atoms with E-state index in [2.05, 4.69) is 5.10 Å². The van der Waals surface area contributed by atoms with E-state index in [-0.39, 0.29) is 0 Å². The van der Waals surface area contributed by atoms with Crippen molar-refractivity contribution in [3.05, 3.63) is 11.8 Å². The summed E-state index contributed by atoms with van der Waals surface area (Å²) in [5.41, 5.74) is 6.57. The van der Waals surface area contributed by atoms with Gasteiger partial charge in [0.05, 0.1) is 18.8 Å². The van der Waals surface area contributed by atoms with E-state index in [0.717, 1.165) is 12.2 Å². The molecule has 0 saturated carbocycles. The normalized spacial score (nSPS) is 10.4. The minimum absolute atomic E-state index is 0.644.